The molecule has 2 rings (SSSR count). The standard InChI is InChI=1S/C13H19N5O3/c1-2-21-13(20)17-16-12(19)10-4-3-7-18(9-10)11-8-14-5-6-15-11/h5-6,8,10H,2-4,7,9H2,1H3,(H,16,19)(H,17,20)/t10-/m0/s1. The predicted octanol–water partition coefficient (Wildman–Crippen LogP) is 0.470. The fraction of sp³-hybridized carbons (Fsp3) is 0.538. The molecule has 1 aromatic heterocycles. The first kappa shape index (κ1) is 15.0. The van der Waals surface area contributed by atoms with Gasteiger partial charge in [0, 0.05) is 25.5 Å². The Hall–Kier alpha value is -2.38. The van der Waals surface area contributed by atoms with Crippen LogP contribution in [-0.4, -0.2) is 41.7 Å². The molecule has 0 unspecified atom stereocenters. The topological polar surface area (TPSA) is 96.5 Å². The van der Waals surface area contributed by atoms with Gasteiger partial charge in [0.1, 0.15) is 5.82 Å². The number of ether oxygens (including phenoxy) is 1. The van der Waals surface area contributed by atoms with E-state index in [2.05, 4.69) is 25.6 Å². The Morgan fingerprint density at radius 1 is 1.43 bits per heavy atom. The van der Waals surface area contributed by atoms with E-state index in [9.17, 15) is 9.59 Å². The van der Waals surface area contributed by atoms with Gasteiger partial charge in [-0.2, -0.15) is 0 Å². The number of hydrogen-bond donors (Lipinski definition) is 2. The van der Waals surface area contributed by atoms with Gasteiger partial charge in [-0.1, -0.05) is 0 Å². The van der Waals surface area contributed by atoms with E-state index in [0.29, 0.717) is 6.54 Å². The molecular formula is C13H19N5O3. The van der Waals surface area contributed by atoms with Crippen molar-refractivity contribution in [2.75, 3.05) is 24.6 Å². The van der Waals surface area contributed by atoms with Gasteiger partial charge in [-0.05, 0) is 19.8 Å². The average Bonchev–Trinajstić information content (AvgIpc) is 2.54. The Morgan fingerprint density at radius 2 is 2.29 bits per heavy atom. The van der Waals surface area contributed by atoms with Crippen LogP contribution in [0, 0.1) is 5.92 Å². The second kappa shape index (κ2) is 7.41. The van der Waals surface area contributed by atoms with Crippen LogP contribution < -0.4 is 15.8 Å². The first-order valence-electron chi connectivity index (χ1n) is 6.94. The van der Waals surface area contributed by atoms with Crippen molar-refractivity contribution in [1.82, 2.24) is 20.8 Å². The van der Waals surface area contributed by atoms with Crippen LogP contribution in [0.4, 0.5) is 10.6 Å². The number of aromatic nitrogens is 2. The molecule has 1 saturated heterocycles. The number of anilines is 1. The molecule has 0 radical (unpaired) electrons. The maximum absolute atomic E-state index is 12.0. The molecule has 2 heterocycles. The summed E-state index contributed by atoms with van der Waals surface area (Å²) in [6, 6.07) is 0. The minimum atomic E-state index is -0.660. The van der Waals surface area contributed by atoms with E-state index in [1.165, 1.54) is 0 Å². The number of piperidine rings is 1. The number of nitrogens with one attached hydrogen (secondary N) is 2. The van der Waals surface area contributed by atoms with Gasteiger partial charge in [-0.3, -0.25) is 15.2 Å². The summed E-state index contributed by atoms with van der Waals surface area (Å²) in [4.78, 5) is 33.5. The Labute approximate surface area is 122 Å². The summed E-state index contributed by atoms with van der Waals surface area (Å²) < 4.78 is 4.68. The highest BCUT2D eigenvalue weighted by atomic mass is 16.5. The molecule has 8 heteroatoms. The van der Waals surface area contributed by atoms with Gasteiger partial charge in [-0.15, -0.1) is 0 Å². The zero-order chi connectivity index (χ0) is 15.1. The van der Waals surface area contributed by atoms with Gasteiger partial charge in [0.15, 0.2) is 0 Å². The molecule has 114 valence electrons. The molecular weight excluding hydrogens is 274 g/mol. The second-order valence-electron chi connectivity index (χ2n) is 4.68. The fourth-order valence-corrected chi connectivity index (χ4v) is 2.24. The third-order valence-corrected chi connectivity index (χ3v) is 3.23. The molecule has 0 saturated carbocycles. The molecule has 1 aliphatic heterocycles. The predicted molar refractivity (Wildman–Crippen MR) is 75.3 cm³/mol. The van der Waals surface area contributed by atoms with E-state index in [0.717, 1.165) is 25.2 Å². The summed E-state index contributed by atoms with van der Waals surface area (Å²) in [7, 11) is 0. The molecule has 8 nitrogen and oxygen atoms in total. The quantitative estimate of drug-likeness (QED) is 0.786. The molecule has 1 aromatic rings. The van der Waals surface area contributed by atoms with Crippen LogP contribution in [0.5, 0.6) is 0 Å². The van der Waals surface area contributed by atoms with Crippen LogP contribution in [-0.2, 0) is 9.53 Å². The lowest BCUT2D eigenvalue weighted by molar-refractivity contribution is -0.126. The van der Waals surface area contributed by atoms with E-state index in [-0.39, 0.29) is 18.4 Å². The minimum absolute atomic E-state index is 0.206. The molecule has 0 aliphatic carbocycles. The summed E-state index contributed by atoms with van der Waals surface area (Å²) in [5.41, 5.74) is 4.61. The third-order valence-electron chi connectivity index (χ3n) is 3.23. The Morgan fingerprint density at radius 3 is 3.00 bits per heavy atom. The normalized spacial score (nSPS) is 18.0. The molecule has 1 aliphatic rings. The highest BCUT2D eigenvalue weighted by molar-refractivity contribution is 5.81. The molecule has 0 spiro atoms. The van der Waals surface area contributed by atoms with Crippen LogP contribution in [0.2, 0.25) is 0 Å². The van der Waals surface area contributed by atoms with Crippen molar-refractivity contribution in [2.45, 2.75) is 19.8 Å². The minimum Gasteiger partial charge on any atom is -0.449 e. The van der Waals surface area contributed by atoms with E-state index >= 15 is 0 Å². The molecule has 2 N–H and O–H groups in total. The first-order valence-corrected chi connectivity index (χ1v) is 6.94. The fourth-order valence-electron chi connectivity index (χ4n) is 2.24. The number of hydrazine groups is 1. The number of carbonyl (C=O) groups excluding carboxylic acids is 2. The molecule has 1 fully saturated rings. The summed E-state index contributed by atoms with van der Waals surface area (Å²) in [5.74, 6) is 0.327. The van der Waals surface area contributed by atoms with Gasteiger partial charge in [0.25, 0.3) is 0 Å². The van der Waals surface area contributed by atoms with E-state index < -0.39 is 6.09 Å². The molecule has 1 atom stereocenters. The van der Waals surface area contributed by atoms with Crippen molar-refractivity contribution < 1.29 is 14.3 Å². The highest BCUT2D eigenvalue weighted by Crippen LogP contribution is 2.20. The lowest BCUT2D eigenvalue weighted by Gasteiger charge is -2.32. The zero-order valence-corrected chi connectivity index (χ0v) is 11.9. The van der Waals surface area contributed by atoms with Crippen molar-refractivity contribution in [3.63, 3.8) is 0 Å². The summed E-state index contributed by atoms with van der Waals surface area (Å²) in [6.45, 7) is 3.34. The number of carbonyl (C=O) groups is 2. The second-order valence-corrected chi connectivity index (χ2v) is 4.68. The van der Waals surface area contributed by atoms with Gasteiger partial charge < -0.3 is 9.64 Å². The maximum Gasteiger partial charge on any atom is 0.426 e. The molecule has 0 bridgehead atoms. The van der Waals surface area contributed by atoms with Crippen LogP contribution in [0.1, 0.15) is 19.8 Å². The van der Waals surface area contributed by atoms with Gasteiger partial charge in [0.05, 0.1) is 18.7 Å². The van der Waals surface area contributed by atoms with Crippen molar-refractivity contribution in [3.8, 4) is 0 Å². The van der Waals surface area contributed by atoms with Gasteiger partial charge in [-0.25, -0.2) is 15.2 Å². The third kappa shape index (κ3) is 4.30. The number of hydrogen-bond acceptors (Lipinski definition) is 6. The summed E-state index contributed by atoms with van der Waals surface area (Å²) in [6.07, 6.45) is 5.91. The van der Waals surface area contributed by atoms with Crippen LogP contribution in [0.15, 0.2) is 18.6 Å². The van der Waals surface area contributed by atoms with Gasteiger partial charge in [0.2, 0.25) is 5.91 Å². The smallest absolute Gasteiger partial charge is 0.426 e. The van der Waals surface area contributed by atoms with Crippen molar-refractivity contribution in [1.29, 1.82) is 0 Å². The Kier molecular flexibility index (Phi) is 5.30. The molecule has 0 aromatic carbocycles. The lowest BCUT2D eigenvalue weighted by atomic mass is 9.97. The Bertz CT molecular complexity index is 482. The van der Waals surface area contributed by atoms with Crippen LogP contribution in [0.25, 0.3) is 0 Å². The number of rotatable bonds is 3. The summed E-state index contributed by atoms with van der Waals surface area (Å²) in [5, 5.41) is 0. The van der Waals surface area contributed by atoms with Crippen LogP contribution >= 0.6 is 0 Å². The van der Waals surface area contributed by atoms with E-state index in [1.54, 1.807) is 25.5 Å². The van der Waals surface area contributed by atoms with Gasteiger partial charge >= 0.3 is 6.09 Å². The lowest BCUT2D eigenvalue weighted by Crippen LogP contribution is -2.49. The number of amides is 2. The zero-order valence-electron chi connectivity index (χ0n) is 11.9. The maximum atomic E-state index is 12.0. The first-order chi connectivity index (χ1) is 10.2. The largest absolute Gasteiger partial charge is 0.449 e. The average molecular weight is 293 g/mol. The Balaban J connectivity index is 1.86. The highest BCUT2D eigenvalue weighted by Gasteiger charge is 2.26. The summed E-state index contributed by atoms with van der Waals surface area (Å²) >= 11 is 0. The number of nitrogens with zero attached hydrogens (tertiary/aromatic N) is 3. The SMILES string of the molecule is CCOC(=O)NNC(=O)[C@H]1CCCN(c2cnccn2)C1. The van der Waals surface area contributed by atoms with Crippen molar-refractivity contribution in [2.24, 2.45) is 5.92 Å². The van der Waals surface area contributed by atoms with Crippen molar-refractivity contribution >= 4 is 17.8 Å². The van der Waals surface area contributed by atoms with E-state index in [1.807, 2.05) is 4.90 Å². The monoisotopic (exact) mass is 293 g/mol. The molecule has 2 amide bonds. The van der Waals surface area contributed by atoms with Crippen molar-refractivity contribution in [3.05, 3.63) is 18.6 Å². The van der Waals surface area contributed by atoms with Crippen LogP contribution in [0.3, 0.4) is 0 Å². The van der Waals surface area contributed by atoms with E-state index in [4.69, 9.17) is 0 Å². The molecule has 21 heavy (non-hydrogen) atoms.